The molecule has 0 radical (unpaired) electrons. The highest BCUT2D eigenvalue weighted by molar-refractivity contribution is 6.09. The zero-order valence-electron chi connectivity index (χ0n) is 22.9. The van der Waals surface area contributed by atoms with E-state index in [1.54, 1.807) is 0 Å². The summed E-state index contributed by atoms with van der Waals surface area (Å²) in [7, 11) is 0. The van der Waals surface area contributed by atoms with Crippen molar-refractivity contribution in [3.8, 4) is 11.1 Å². The van der Waals surface area contributed by atoms with E-state index in [-0.39, 0.29) is 0 Å². The first-order valence-electron chi connectivity index (χ1n) is 14.9. The van der Waals surface area contributed by atoms with Gasteiger partial charge in [-0.15, -0.1) is 0 Å². The van der Waals surface area contributed by atoms with Crippen molar-refractivity contribution in [1.82, 2.24) is 4.57 Å². The Kier molecular flexibility index (Phi) is 10.5. The molecule has 0 saturated carbocycles. The molecule has 0 aliphatic rings. The van der Waals surface area contributed by atoms with Crippen LogP contribution in [-0.4, -0.2) is 4.57 Å². The molecule has 192 valence electrons. The van der Waals surface area contributed by atoms with E-state index in [1.165, 1.54) is 123 Å². The standard InChI is InChI=1S/C35H47N/c1-3-5-7-9-11-16-22-31(23-17-12-10-8-6-4-2)36-34-25-19-18-24-32(34)33-27-26-30(28-35(33)36)29-20-14-13-15-21-29/h13-15,18-21,24-28,31H,3-12,16-17,22-23H2,1-2H3. The SMILES string of the molecule is CCCCCCCCC(CCCCCCCC)n1c2ccccc2c2ccc(-c3ccccc3)cc21. The Morgan fingerprint density at radius 3 is 1.72 bits per heavy atom. The van der Waals surface area contributed by atoms with E-state index in [1.807, 2.05) is 0 Å². The Morgan fingerprint density at radius 1 is 0.500 bits per heavy atom. The third kappa shape index (κ3) is 6.81. The van der Waals surface area contributed by atoms with Crippen LogP contribution in [0.1, 0.15) is 110 Å². The quantitative estimate of drug-likeness (QED) is 0.140. The van der Waals surface area contributed by atoms with Crippen molar-refractivity contribution in [2.24, 2.45) is 0 Å². The summed E-state index contributed by atoms with van der Waals surface area (Å²) < 4.78 is 2.73. The maximum absolute atomic E-state index is 2.73. The van der Waals surface area contributed by atoms with E-state index in [2.05, 4.69) is 91.2 Å². The third-order valence-electron chi connectivity index (χ3n) is 7.97. The van der Waals surface area contributed by atoms with Crippen LogP contribution >= 0.6 is 0 Å². The second-order valence-electron chi connectivity index (χ2n) is 10.8. The number of rotatable bonds is 16. The molecule has 1 heterocycles. The van der Waals surface area contributed by atoms with Crippen LogP contribution in [0.2, 0.25) is 0 Å². The maximum Gasteiger partial charge on any atom is 0.0500 e. The molecule has 3 aromatic carbocycles. The van der Waals surface area contributed by atoms with Crippen LogP contribution in [0, 0.1) is 0 Å². The van der Waals surface area contributed by atoms with Crippen LogP contribution in [0.5, 0.6) is 0 Å². The minimum absolute atomic E-state index is 0.579. The van der Waals surface area contributed by atoms with Gasteiger partial charge in [0.2, 0.25) is 0 Å². The van der Waals surface area contributed by atoms with Crippen molar-refractivity contribution in [2.45, 2.75) is 110 Å². The van der Waals surface area contributed by atoms with Gasteiger partial charge in [-0.05, 0) is 36.1 Å². The lowest BCUT2D eigenvalue weighted by Gasteiger charge is -2.22. The molecule has 0 saturated heterocycles. The van der Waals surface area contributed by atoms with Crippen molar-refractivity contribution in [3.05, 3.63) is 72.8 Å². The molecule has 1 nitrogen and oxygen atoms in total. The van der Waals surface area contributed by atoms with Gasteiger partial charge in [0, 0.05) is 27.8 Å². The fraction of sp³-hybridized carbons (Fsp3) is 0.486. The van der Waals surface area contributed by atoms with Crippen molar-refractivity contribution >= 4 is 21.8 Å². The molecular weight excluding hydrogens is 434 g/mol. The summed E-state index contributed by atoms with van der Waals surface area (Å²) in [5, 5.41) is 2.81. The molecule has 0 atom stereocenters. The molecule has 0 fully saturated rings. The second-order valence-corrected chi connectivity index (χ2v) is 10.8. The molecule has 1 heteroatoms. The average Bonchev–Trinajstić information content (AvgIpc) is 3.25. The molecule has 0 bridgehead atoms. The molecule has 0 amide bonds. The Hall–Kier alpha value is -2.54. The smallest absolute Gasteiger partial charge is 0.0500 e. The molecule has 0 spiro atoms. The number of para-hydroxylation sites is 1. The normalized spacial score (nSPS) is 11.8. The van der Waals surface area contributed by atoms with E-state index in [0.29, 0.717) is 6.04 Å². The minimum Gasteiger partial charge on any atom is -0.337 e. The highest BCUT2D eigenvalue weighted by atomic mass is 15.0. The van der Waals surface area contributed by atoms with E-state index in [0.717, 1.165) is 0 Å². The Balaban J connectivity index is 1.63. The molecule has 0 unspecified atom stereocenters. The lowest BCUT2D eigenvalue weighted by atomic mass is 9.99. The zero-order valence-corrected chi connectivity index (χ0v) is 22.9. The topological polar surface area (TPSA) is 4.93 Å². The number of hydrogen-bond acceptors (Lipinski definition) is 0. The van der Waals surface area contributed by atoms with Gasteiger partial charge in [-0.1, -0.05) is 152 Å². The summed E-state index contributed by atoms with van der Waals surface area (Å²) in [6.07, 6.45) is 19.0. The number of aromatic nitrogens is 1. The van der Waals surface area contributed by atoms with Gasteiger partial charge in [-0.3, -0.25) is 0 Å². The van der Waals surface area contributed by atoms with Crippen LogP contribution in [0.3, 0.4) is 0 Å². The van der Waals surface area contributed by atoms with Gasteiger partial charge in [-0.25, -0.2) is 0 Å². The zero-order chi connectivity index (χ0) is 25.0. The summed E-state index contributed by atoms with van der Waals surface area (Å²) in [5.74, 6) is 0. The molecule has 4 rings (SSSR count). The number of fused-ring (bicyclic) bond motifs is 3. The Morgan fingerprint density at radius 2 is 1.06 bits per heavy atom. The predicted molar refractivity (Wildman–Crippen MR) is 160 cm³/mol. The summed E-state index contributed by atoms with van der Waals surface area (Å²) in [5.41, 5.74) is 5.46. The second kappa shape index (κ2) is 14.3. The van der Waals surface area contributed by atoms with Crippen LogP contribution in [0.15, 0.2) is 72.8 Å². The van der Waals surface area contributed by atoms with Crippen molar-refractivity contribution in [2.75, 3.05) is 0 Å². The summed E-state index contributed by atoms with van der Waals surface area (Å²) >= 11 is 0. The van der Waals surface area contributed by atoms with Gasteiger partial charge < -0.3 is 4.57 Å². The van der Waals surface area contributed by atoms with E-state index < -0.39 is 0 Å². The summed E-state index contributed by atoms with van der Waals surface area (Å²) in [6.45, 7) is 4.62. The largest absolute Gasteiger partial charge is 0.337 e. The van der Waals surface area contributed by atoms with Crippen molar-refractivity contribution in [3.63, 3.8) is 0 Å². The van der Waals surface area contributed by atoms with Gasteiger partial charge in [0.1, 0.15) is 0 Å². The molecule has 0 aliphatic carbocycles. The van der Waals surface area contributed by atoms with Gasteiger partial charge in [0.05, 0.1) is 0 Å². The van der Waals surface area contributed by atoms with E-state index in [9.17, 15) is 0 Å². The first-order chi connectivity index (χ1) is 17.8. The average molecular weight is 482 g/mol. The van der Waals surface area contributed by atoms with Crippen LogP contribution < -0.4 is 0 Å². The number of hydrogen-bond donors (Lipinski definition) is 0. The highest BCUT2D eigenvalue weighted by Gasteiger charge is 2.19. The summed E-state index contributed by atoms with van der Waals surface area (Å²) in [6, 6.07) is 27.7. The van der Waals surface area contributed by atoms with Gasteiger partial charge >= 0.3 is 0 Å². The number of benzene rings is 3. The third-order valence-corrected chi connectivity index (χ3v) is 7.97. The minimum atomic E-state index is 0.579. The summed E-state index contributed by atoms with van der Waals surface area (Å²) in [4.78, 5) is 0. The fourth-order valence-corrected chi connectivity index (χ4v) is 5.93. The molecular formula is C35H47N. The Bertz CT molecular complexity index is 1150. The molecule has 0 N–H and O–H groups in total. The number of nitrogens with zero attached hydrogens (tertiary/aromatic N) is 1. The fourth-order valence-electron chi connectivity index (χ4n) is 5.93. The van der Waals surface area contributed by atoms with Gasteiger partial charge in [0.25, 0.3) is 0 Å². The van der Waals surface area contributed by atoms with Crippen LogP contribution in [0.4, 0.5) is 0 Å². The van der Waals surface area contributed by atoms with Crippen molar-refractivity contribution in [1.29, 1.82) is 0 Å². The Labute approximate surface area is 219 Å². The van der Waals surface area contributed by atoms with Gasteiger partial charge in [-0.2, -0.15) is 0 Å². The number of unbranched alkanes of at least 4 members (excludes halogenated alkanes) is 10. The maximum atomic E-state index is 2.73. The van der Waals surface area contributed by atoms with Crippen LogP contribution in [0.25, 0.3) is 32.9 Å². The first-order valence-corrected chi connectivity index (χ1v) is 14.9. The van der Waals surface area contributed by atoms with E-state index >= 15 is 0 Å². The van der Waals surface area contributed by atoms with E-state index in [4.69, 9.17) is 0 Å². The molecule has 0 aliphatic heterocycles. The molecule has 36 heavy (non-hydrogen) atoms. The molecule has 4 aromatic rings. The lowest BCUT2D eigenvalue weighted by molar-refractivity contribution is 0.410. The lowest BCUT2D eigenvalue weighted by Crippen LogP contribution is -2.09. The van der Waals surface area contributed by atoms with Gasteiger partial charge in [0.15, 0.2) is 0 Å². The first kappa shape index (κ1) is 26.5. The highest BCUT2D eigenvalue weighted by Crippen LogP contribution is 2.37. The predicted octanol–water partition coefficient (Wildman–Crippen LogP) is 11.5. The van der Waals surface area contributed by atoms with Crippen molar-refractivity contribution < 1.29 is 0 Å². The van der Waals surface area contributed by atoms with Crippen LogP contribution in [-0.2, 0) is 0 Å². The monoisotopic (exact) mass is 481 g/mol. The molecule has 1 aromatic heterocycles.